The highest BCUT2D eigenvalue weighted by molar-refractivity contribution is 6.02. The molecule has 2 aliphatic heterocycles. The number of aliphatic hydroxyl groups is 4. The van der Waals surface area contributed by atoms with E-state index in [1.165, 1.54) is 18.2 Å². The molecule has 0 radical (unpaired) electrons. The molecular weight excluding hydrogens is 412 g/mol. The molecule has 10 heteroatoms. The van der Waals surface area contributed by atoms with Crippen LogP contribution in [0.4, 0.5) is 0 Å². The summed E-state index contributed by atoms with van der Waals surface area (Å²) in [5.41, 5.74) is 0.632. The van der Waals surface area contributed by atoms with Crippen molar-refractivity contribution in [3.05, 3.63) is 47.5 Å². The molecule has 6 N–H and O–H groups in total. The van der Waals surface area contributed by atoms with E-state index in [0.717, 1.165) is 6.07 Å². The van der Waals surface area contributed by atoms with Crippen LogP contribution in [0.5, 0.6) is 23.0 Å². The fourth-order valence-corrected chi connectivity index (χ4v) is 3.66. The Morgan fingerprint density at radius 2 is 1.71 bits per heavy atom. The van der Waals surface area contributed by atoms with Crippen molar-refractivity contribution in [1.29, 1.82) is 0 Å². The van der Waals surface area contributed by atoms with E-state index in [1.54, 1.807) is 12.1 Å². The Bertz CT molecular complexity index is 957. The zero-order valence-electron chi connectivity index (χ0n) is 16.2. The maximum Gasteiger partial charge on any atom is 0.229 e. The van der Waals surface area contributed by atoms with Crippen molar-refractivity contribution in [3.63, 3.8) is 0 Å². The van der Waals surface area contributed by atoms with Crippen LogP contribution in [0.2, 0.25) is 0 Å². The fraction of sp³-hybridized carbons (Fsp3) is 0.381. The number of phenols is 2. The largest absolute Gasteiger partial charge is 0.508 e. The van der Waals surface area contributed by atoms with Crippen molar-refractivity contribution in [2.75, 3.05) is 6.61 Å². The number of aromatic hydroxyl groups is 2. The summed E-state index contributed by atoms with van der Waals surface area (Å²) in [6.45, 7) is -0.619. The van der Waals surface area contributed by atoms with Crippen LogP contribution in [0.15, 0.2) is 36.4 Å². The lowest BCUT2D eigenvalue weighted by Gasteiger charge is -2.39. The quantitative estimate of drug-likeness (QED) is 0.385. The molecule has 2 heterocycles. The second kappa shape index (κ2) is 8.33. The van der Waals surface area contributed by atoms with Crippen LogP contribution in [0, 0.1) is 0 Å². The third kappa shape index (κ3) is 4.03. The average molecular weight is 434 g/mol. The van der Waals surface area contributed by atoms with Gasteiger partial charge >= 0.3 is 0 Å². The minimum absolute atomic E-state index is 0.0156. The number of carbonyl (C=O) groups is 1. The Morgan fingerprint density at radius 3 is 2.39 bits per heavy atom. The van der Waals surface area contributed by atoms with Crippen molar-refractivity contribution >= 4 is 5.78 Å². The Morgan fingerprint density at radius 1 is 1.00 bits per heavy atom. The highest BCUT2D eigenvalue weighted by atomic mass is 16.7. The van der Waals surface area contributed by atoms with E-state index in [1.807, 2.05) is 0 Å². The summed E-state index contributed by atoms with van der Waals surface area (Å²) in [6, 6.07) is 8.64. The summed E-state index contributed by atoms with van der Waals surface area (Å²) >= 11 is 0. The molecule has 1 unspecified atom stereocenters. The minimum atomic E-state index is -1.64. The van der Waals surface area contributed by atoms with Crippen molar-refractivity contribution in [2.45, 2.75) is 43.2 Å². The van der Waals surface area contributed by atoms with Crippen molar-refractivity contribution in [3.8, 4) is 23.0 Å². The van der Waals surface area contributed by atoms with Gasteiger partial charge in [0.25, 0.3) is 0 Å². The van der Waals surface area contributed by atoms with Crippen molar-refractivity contribution in [2.24, 2.45) is 0 Å². The van der Waals surface area contributed by atoms with E-state index in [9.17, 15) is 35.4 Å². The summed E-state index contributed by atoms with van der Waals surface area (Å²) in [5, 5.41) is 59.0. The minimum Gasteiger partial charge on any atom is -0.508 e. The van der Waals surface area contributed by atoms with Gasteiger partial charge in [-0.2, -0.15) is 0 Å². The molecule has 6 atom stereocenters. The lowest BCUT2D eigenvalue weighted by atomic mass is 9.95. The van der Waals surface area contributed by atoms with E-state index in [0.29, 0.717) is 5.56 Å². The van der Waals surface area contributed by atoms with Crippen LogP contribution >= 0.6 is 0 Å². The summed E-state index contributed by atoms with van der Waals surface area (Å²) in [4.78, 5) is 12.6. The Kier molecular flexibility index (Phi) is 5.73. The molecule has 0 saturated carbocycles. The Balaban J connectivity index is 1.59. The molecular formula is C21H22O10. The lowest BCUT2D eigenvalue weighted by Crippen LogP contribution is -2.60. The Labute approximate surface area is 176 Å². The summed E-state index contributed by atoms with van der Waals surface area (Å²) in [7, 11) is 0. The number of benzene rings is 2. The molecule has 2 aliphatic rings. The number of Topliss-reactive ketones (excluding diaryl/α,β-unsaturated/α-hetero) is 1. The molecule has 0 bridgehead atoms. The highest BCUT2D eigenvalue weighted by Gasteiger charge is 2.45. The Hall–Kier alpha value is -2.89. The molecule has 0 amide bonds. The molecule has 4 rings (SSSR count). The van der Waals surface area contributed by atoms with Gasteiger partial charge in [-0.15, -0.1) is 0 Å². The van der Waals surface area contributed by atoms with Crippen LogP contribution in [0.3, 0.4) is 0 Å². The van der Waals surface area contributed by atoms with Gasteiger partial charge in [0.1, 0.15) is 59.1 Å². The zero-order chi connectivity index (χ0) is 22.3. The SMILES string of the molecule is O=C1CC(c2ccc(O)cc2)Oc2cc(O[C@H]3O[C@@H](CO)[C@H](O)[C@@H](O)[C@@H]3O)cc(O)c21. The first-order valence-corrected chi connectivity index (χ1v) is 9.61. The molecule has 2 aromatic rings. The van der Waals surface area contributed by atoms with E-state index >= 15 is 0 Å². The number of ether oxygens (including phenoxy) is 3. The second-order valence-electron chi connectivity index (χ2n) is 7.46. The van der Waals surface area contributed by atoms with Crippen LogP contribution in [-0.4, -0.2) is 73.7 Å². The third-order valence-electron chi connectivity index (χ3n) is 5.34. The standard InChI is InChI=1S/C21H22O10/c22-8-16-18(26)19(27)20(28)21(31-16)29-11-5-12(24)17-13(25)7-14(30-15(17)6-11)9-1-3-10(23)4-2-9/h1-6,14,16,18-24,26-28H,7-8H2/t14?,16-,18-,19+,20-,21-/m0/s1. The van der Waals surface area contributed by atoms with Crippen LogP contribution < -0.4 is 9.47 Å². The summed E-state index contributed by atoms with van der Waals surface area (Å²) < 4.78 is 16.7. The van der Waals surface area contributed by atoms with E-state index < -0.39 is 49.2 Å². The number of rotatable bonds is 4. The lowest BCUT2D eigenvalue weighted by molar-refractivity contribution is -0.277. The van der Waals surface area contributed by atoms with Gasteiger partial charge in [0.05, 0.1) is 13.0 Å². The maximum absolute atomic E-state index is 12.6. The first kappa shape index (κ1) is 21.3. The van der Waals surface area contributed by atoms with E-state index in [4.69, 9.17) is 14.2 Å². The third-order valence-corrected chi connectivity index (χ3v) is 5.34. The number of carbonyl (C=O) groups excluding carboxylic acids is 1. The topological polar surface area (TPSA) is 166 Å². The monoisotopic (exact) mass is 434 g/mol. The second-order valence-corrected chi connectivity index (χ2v) is 7.46. The molecule has 1 fully saturated rings. The van der Waals surface area contributed by atoms with Gasteiger partial charge < -0.3 is 44.8 Å². The molecule has 10 nitrogen and oxygen atoms in total. The number of hydrogen-bond donors (Lipinski definition) is 6. The van der Waals surface area contributed by atoms with Crippen molar-refractivity contribution in [1.82, 2.24) is 0 Å². The molecule has 1 saturated heterocycles. The predicted molar refractivity (Wildman–Crippen MR) is 103 cm³/mol. The van der Waals surface area contributed by atoms with Gasteiger partial charge in [0, 0.05) is 12.1 Å². The molecule has 0 spiro atoms. The number of ketones is 1. The molecule has 166 valence electrons. The highest BCUT2D eigenvalue weighted by Crippen LogP contribution is 2.42. The molecule has 0 aromatic heterocycles. The summed E-state index contributed by atoms with van der Waals surface area (Å²) in [6.07, 6.45) is -8.09. The zero-order valence-corrected chi connectivity index (χ0v) is 16.2. The van der Waals surface area contributed by atoms with Gasteiger partial charge in [-0.05, 0) is 17.7 Å². The van der Waals surface area contributed by atoms with Gasteiger partial charge in [0.2, 0.25) is 6.29 Å². The van der Waals surface area contributed by atoms with Gasteiger partial charge in [-0.25, -0.2) is 0 Å². The molecule has 0 aliphatic carbocycles. The van der Waals surface area contributed by atoms with Gasteiger partial charge in [-0.1, -0.05) is 12.1 Å². The number of aliphatic hydroxyl groups excluding tert-OH is 4. The molecule has 31 heavy (non-hydrogen) atoms. The van der Waals surface area contributed by atoms with Gasteiger partial charge in [-0.3, -0.25) is 4.79 Å². The average Bonchev–Trinajstić information content (AvgIpc) is 2.74. The van der Waals surface area contributed by atoms with E-state index in [-0.39, 0.29) is 35.0 Å². The number of hydrogen-bond acceptors (Lipinski definition) is 10. The van der Waals surface area contributed by atoms with Crippen LogP contribution in [-0.2, 0) is 4.74 Å². The normalized spacial score (nSPS) is 30.4. The molecule has 2 aromatic carbocycles. The number of fused-ring (bicyclic) bond motifs is 1. The van der Waals surface area contributed by atoms with Crippen LogP contribution in [0.25, 0.3) is 0 Å². The first-order valence-electron chi connectivity index (χ1n) is 9.61. The van der Waals surface area contributed by atoms with Gasteiger partial charge in [0.15, 0.2) is 5.78 Å². The maximum atomic E-state index is 12.6. The van der Waals surface area contributed by atoms with Crippen LogP contribution in [0.1, 0.15) is 28.4 Å². The predicted octanol–water partition coefficient (Wildman–Crippen LogP) is -0.0170. The smallest absolute Gasteiger partial charge is 0.229 e. The number of phenolic OH excluding ortho intramolecular Hbond substituents is 2. The first-order chi connectivity index (χ1) is 14.8. The fourth-order valence-electron chi connectivity index (χ4n) is 3.66. The van der Waals surface area contributed by atoms with Crippen molar-refractivity contribution < 1.29 is 49.6 Å². The summed E-state index contributed by atoms with van der Waals surface area (Å²) in [5.74, 6) is -0.657. The van der Waals surface area contributed by atoms with E-state index in [2.05, 4.69) is 0 Å².